The minimum absolute atomic E-state index is 0.231. The molecule has 1 N–H and O–H groups in total. The molecule has 1 aromatic carbocycles. The molecule has 2 heterocycles. The second kappa shape index (κ2) is 8.81. The van der Waals surface area contributed by atoms with E-state index >= 15 is 0 Å². The van der Waals surface area contributed by atoms with Crippen molar-refractivity contribution in [3.8, 4) is 0 Å². The van der Waals surface area contributed by atoms with Crippen LogP contribution in [-0.2, 0) is 4.74 Å². The van der Waals surface area contributed by atoms with Crippen LogP contribution in [0.1, 0.15) is 29.9 Å². The lowest BCUT2D eigenvalue weighted by atomic mass is 10.1. The molecule has 1 fully saturated rings. The Hall–Kier alpha value is -2.67. The van der Waals surface area contributed by atoms with Crippen LogP contribution in [-0.4, -0.2) is 55.3 Å². The molecule has 3 rings (SSSR count). The summed E-state index contributed by atoms with van der Waals surface area (Å²) in [7, 11) is 0. The zero-order chi connectivity index (χ0) is 19.2. The summed E-state index contributed by atoms with van der Waals surface area (Å²) in [6.45, 7) is 10.9. The zero-order valence-corrected chi connectivity index (χ0v) is 16.2. The summed E-state index contributed by atoms with van der Waals surface area (Å²) in [6.07, 6.45) is 1.63. The van der Waals surface area contributed by atoms with Gasteiger partial charge in [-0.2, -0.15) is 0 Å². The van der Waals surface area contributed by atoms with E-state index in [1.54, 1.807) is 12.3 Å². The Morgan fingerprint density at radius 2 is 1.96 bits per heavy atom. The molecule has 0 bridgehead atoms. The first kappa shape index (κ1) is 19.1. The number of aryl methyl sites for hydroxylation is 1. The number of hydrogen-bond acceptors (Lipinski definition) is 6. The molecule has 0 radical (unpaired) electrons. The number of amides is 1. The molecule has 7 nitrogen and oxygen atoms in total. The van der Waals surface area contributed by atoms with Crippen molar-refractivity contribution >= 4 is 23.2 Å². The van der Waals surface area contributed by atoms with Gasteiger partial charge in [0.1, 0.15) is 5.69 Å². The van der Waals surface area contributed by atoms with Crippen LogP contribution in [0.25, 0.3) is 0 Å². The van der Waals surface area contributed by atoms with E-state index in [2.05, 4.69) is 40.1 Å². The number of rotatable bonds is 6. The number of ether oxygens (including phenoxy) is 1. The number of hydrogen-bond donors (Lipinski definition) is 1. The average molecular weight is 369 g/mol. The number of nitrogens with zero attached hydrogens (tertiary/aromatic N) is 4. The first-order valence-corrected chi connectivity index (χ1v) is 9.45. The van der Waals surface area contributed by atoms with Crippen LogP contribution < -0.4 is 15.1 Å². The van der Waals surface area contributed by atoms with Gasteiger partial charge in [0.25, 0.3) is 5.91 Å². The number of nitrogens with one attached hydrogen (secondary N) is 1. The molecule has 0 saturated carbocycles. The van der Waals surface area contributed by atoms with Gasteiger partial charge in [0.05, 0.1) is 13.2 Å². The molecular formula is C20H27N5O2. The lowest BCUT2D eigenvalue weighted by Gasteiger charge is -2.26. The van der Waals surface area contributed by atoms with E-state index in [0.717, 1.165) is 43.1 Å². The maximum Gasteiger partial charge on any atom is 0.274 e. The molecule has 1 aliphatic heterocycles. The van der Waals surface area contributed by atoms with Crippen molar-refractivity contribution in [1.82, 2.24) is 9.97 Å². The topological polar surface area (TPSA) is 70.6 Å². The van der Waals surface area contributed by atoms with Crippen molar-refractivity contribution in [3.63, 3.8) is 0 Å². The largest absolute Gasteiger partial charge is 0.378 e. The number of morpholine rings is 1. The van der Waals surface area contributed by atoms with E-state index in [4.69, 9.17) is 4.74 Å². The summed E-state index contributed by atoms with van der Waals surface area (Å²) in [5, 5.41) is 2.97. The number of aromatic nitrogens is 2. The molecule has 2 aromatic rings. The average Bonchev–Trinajstić information content (AvgIpc) is 2.71. The summed E-state index contributed by atoms with van der Waals surface area (Å²) < 4.78 is 5.35. The van der Waals surface area contributed by atoms with E-state index < -0.39 is 0 Å². The van der Waals surface area contributed by atoms with Gasteiger partial charge in [-0.05, 0) is 50.6 Å². The maximum absolute atomic E-state index is 12.7. The fourth-order valence-electron chi connectivity index (χ4n) is 3.15. The van der Waals surface area contributed by atoms with Gasteiger partial charge in [0, 0.05) is 43.8 Å². The standard InChI is InChI=1S/C20H27N5O2/c1-4-24(5-2)16-6-7-17(15(3)14-16)22-19(26)18-8-9-21-20(23-18)25-10-12-27-13-11-25/h6-9,14H,4-5,10-13H2,1-3H3,(H,22,26). The Bertz CT molecular complexity index is 786. The van der Waals surface area contributed by atoms with Gasteiger partial charge in [-0.3, -0.25) is 4.79 Å². The predicted octanol–water partition coefficient (Wildman–Crippen LogP) is 2.72. The molecule has 1 aliphatic rings. The fourth-order valence-corrected chi connectivity index (χ4v) is 3.15. The minimum Gasteiger partial charge on any atom is -0.378 e. The van der Waals surface area contributed by atoms with Crippen molar-refractivity contribution in [2.45, 2.75) is 20.8 Å². The zero-order valence-electron chi connectivity index (χ0n) is 16.2. The highest BCUT2D eigenvalue weighted by molar-refractivity contribution is 6.03. The first-order valence-electron chi connectivity index (χ1n) is 9.45. The molecule has 0 atom stereocenters. The van der Waals surface area contributed by atoms with E-state index in [0.29, 0.717) is 24.9 Å². The molecule has 27 heavy (non-hydrogen) atoms. The van der Waals surface area contributed by atoms with Gasteiger partial charge >= 0.3 is 0 Å². The van der Waals surface area contributed by atoms with Crippen LogP contribution in [0.3, 0.4) is 0 Å². The lowest BCUT2D eigenvalue weighted by molar-refractivity contribution is 0.102. The lowest BCUT2D eigenvalue weighted by Crippen LogP contribution is -2.37. The molecular weight excluding hydrogens is 342 g/mol. The third kappa shape index (κ3) is 4.54. The van der Waals surface area contributed by atoms with Crippen molar-refractivity contribution in [3.05, 3.63) is 41.7 Å². The Morgan fingerprint density at radius 1 is 1.22 bits per heavy atom. The summed E-state index contributed by atoms with van der Waals surface area (Å²) in [5.74, 6) is 0.338. The fraction of sp³-hybridized carbons (Fsp3) is 0.450. The van der Waals surface area contributed by atoms with Crippen LogP contribution >= 0.6 is 0 Å². The Balaban J connectivity index is 1.73. The molecule has 144 valence electrons. The van der Waals surface area contributed by atoms with Gasteiger partial charge in [0.2, 0.25) is 5.95 Å². The second-order valence-corrected chi connectivity index (χ2v) is 6.47. The SMILES string of the molecule is CCN(CC)c1ccc(NC(=O)c2ccnc(N3CCOCC3)n2)c(C)c1. The van der Waals surface area contributed by atoms with E-state index in [1.807, 2.05) is 24.0 Å². The summed E-state index contributed by atoms with van der Waals surface area (Å²) in [4.78, 5) is 25.7. The van der Waals surface area contributed by atoms with E-state index in [1.165, 1.54) is 0 Å². The van der Waals surface area contributed by atoms with Crippen LogP contribution in [0.4, 0.5) is 17.3 Å². The molecule has 0 unspecified atom stereocenters. The highest BCUT2D eigenvalue weighted by atomic mass is 16.5. The quantitative estimate of drug-likeness (QED) is 0.844. The van der Waals surface area contributed by atoms with Gasteiger partial charge in [-0.15, -0.1) is 0 Å². The van der Waals surface area contributed by atoms with Crippen molar-refractivity contribution < 1.29 is 9.53 Å². The highest BCUT2D eigenvalue weighted by Gasteiger charge is 2.17. The third-order valence-electron chi connectivity index (χ3n) is 4.76. The normalized spacial score (nSPS) is 14.1. The Morgan fingerprint density at radius 3 is 2.63 bits per heavy atom. The molecule has 0 spiro atoms. The van der Waals surface area contributed by atoms with Gasteiger partial charge in [0.15, 0.2) is 0 Å². The van der Waals surface area contributed by atoms with Crippen LogP contribution in [0, 0.1) is 6.92 Å². The number of carbonyl (C=O) groups is 1. The third-order valence-corrected chi connectivity index (χ3v) is 4.76. The molecule has 1 aromatic heterocycles. The van der Waals surface area contributed by atoms with Crippen LogP contribution in [0.2, 0.25) is 0 Å². The van der Waals surface area contributed by atoms with Gasteiger partial charge < -0.3 is 19.9 Å². The predicted molar refractivity (Wildman–Crippen MR) is 108 cm³/mol. The van der Waals surface area contributed by atoms with Crippen LogP contribution in [0.5, 0.6) is 0 Å². The monoisotopic (exact) mass is 369 g/mol. The van der Waals surface area contributed by atoms with Crippen molar-refractivity contribution in [1.29, 1.82) is 0 Å². The maximum atomic E-state index is 12.7. The number of anilines is 3. The van der Waals surface area contributed by atoms with Crippen molar-refractivity contribution in [2.24, 2.45) is 0 Å². The summed E-state index contributed by atoms with van der Waals surface area (Å²) >= 11 is 0. The van der Waals surface area contributed by atoms with E-state index in [-0.39, 0.29) is 5.91 Å². The van der Waals surface area contributed by atoms with E-state index in [9.17, 15) is 4.79 Å². The number of benzene rings is 1. The smallest absolute Gasteiger partial charge is 0.274 e. The molecule has 7 heteroatoms. The molecule has 1 saturated heterocycles. The highest BCUT2D eigenvalue weighted by Crippen LogP contribution is 2.23. The van der Waals surface area contributed by atoms with Gasteiger partial charge in [-0.1, -0.05) is 0 Å². The summed E-state index contributed by atoms with van der Waals surface area (Å²) in [6, 6.07) is 7.72. The first-order chi connectivity index (χ1) is 13.1. The number of carbonyl (C=O) groups excluding carboxylic acids is 1. The molecule has 1 amide bonds. The second-order valence-electron chi connectivity index (χ2n) is 6.47. The van der Waals surface area contributed by atoms with Crippen LogP contribution in [0.15, 0.2) is 30.5 Å². The van der Waals surface area contributed by atoms with Gasteiger partial charge in [-0.25, -0.2) is 9.97 Å². The molecule has 0 aliphatic carbocycles. The Labute approximate surface area is 160 Å². The Kier molecular flexibility index (Phi) is 6.24. The van der Waals surface area contributed by atoms with Crippen molar-refractivity contribution in [2.75, 3.05) is 54.5 Å². The minimum atomic E-state index is -0.231. The summed E-state index contributed by atoms with van der Waals surface area (Å²) in [5.41, 5.74) is 3.34.